The highest BCUT2D eigenvalue weighted by Crippen LogP contribution is 2.29. The summed E-state index contributed by atoms with van der Waals surface area (Å²) in [5, 5.41) is 9.57. The van der Waals surface area contributed by atoms with E-state index in [4.69, 9.17) is 0 Å². The van der Waals surface area contributed by atoms with Gasteiger partial charge in [0.2, 0.25) is 0 Å². The molecule has 1 aliphatic rings. The van der Waals surface area contributed by atoms with Gasteiger partial charge in [0.15, 0.2) is 0 Å². The third-order valence-corrected chi connectivity index (χ3v) is 4.60. The van der Waals surface area contributed by atoms with Crippen molar-refractivity contribution in [2.75, 3.05) is 7.05 Å². The lowest BCUT2D eigenvalue weighted by Crippen LogP contribution is -2.36. The summed E-state index contributed by atoms with van der Waals surface area (Å²) in [4.78, 5) is 2.28. The average Bonchev–Trinajstić information content (AvgIpc) is 2.49. The van der Waals surface area contributed by atoms with Gasteiger partial charge in [0, 0.05) is 6.04 Å². The second-order valence-electron chi connectivity index (χ2n) is 6.31. The molecule has 0 heterocycles. The summed E-state index contributed by atoms with van der Waals surface area (Å²) in [5.41, 5.74) is 2.47. The van der Waals surface area contributed by atoms with Crippen molar-refractivity contribution < 1.29 is 0 Å². The van der Waals surface area contributed by atoms with Crippen LogP contribution >= 0.6 is 0 Å². The van der Waals surface area contributed by atoms with E-state index in [-0.39, 0.29) is 6.04 Å². The van der Waals surface area contributed by atoms with Crippen LogP contribution in [0.4, 0.5) is 0 Å². The number of hydrogen-bond donors (Lipinski definition) is 0. The minimum Gasteiger partial charge on any atom is -0.284 e. The molecule has 0 aliphatic heterocycles. The van der Waals surface area contributed by atoms with Gasteiger partial charge in [-0.15, -0.1) is 0 Å². The first kappa shape index (κ1) is 15.1. The van der Waals surface area contributed by atoms with Crippen molar-refractivity contribution in [3.05, 3.63) is 35.4 Å². The summed E-state index contributed by atoms with van der Waals surface area (Å²) in [7, 11) is 2.11. The molecule has 1 aromatic carbocycles. The lowest BCUT2D eigenvalue weighted by molar-refractivity contribution is 0.164. The van der Waals surface area contributed by atoms with E-state index >= 15 is 0 Å². The molecular weight excluding hydrogens is 244 g/mol. The van der Waals surface area contributed by atoms with Gasteiger partial charge in [-0.05, 0) is 36.9 Å². The molecule has 0 N–H and O–H groups in total. The Morgan fingerprint density at radius 1 is 1.05 bits per heavy atom. The number of hydrogen-bond acceptors (Lipinski definition) is 2. The van der Waals surface area contributed by atoms with Crippen molar-refractivity contribution >= 4 is 0 Å². The van der Waals surface area contributed by atoms with E-state index in [0.717, 1.165) is 5.56 Å². The molecule has 2 heteroatoms. The highest BCUT2D eigenvalue weighted by atomic mass is 15.2. The highest BCUT2D eigenvalue weighted by molar-refractivity contribution is 5.29. The highest BCUT2D eigenvalue weighted by Gasteiger charge is 2.25. The van der Waals surface area contributed by atoms with Crippen molar-refractivity contribution in [1.29, 1.82) is 5.26 Å². The summed E-state index contributed by atoms with van der Waals surface area (Å²) < 4.78 is 0. The summed E-state index contributed by atoms with van der Waals surface area (Å²) in [6.07, 6.45) is 6.43. The Hall–Kier alpha value is -1.33. The maximum absolute atomic E-state index is 9.57. The van der Waals surface area contributed by atoms with Gasteiger partial charge in [0.25, 0.3) is 0 Å². The number of nitrogens with zero attached hydrogens (tertiary/aromatic N) is 2. The zero-order chi connectivity index (χ0) is 14.5. The second kappa shape index (κ2) is 6.90. The molecule has 0 aromatic heterocycles. The molecule has 1 saturated carbocycles. The summed E-state index contributed by atoms with van der Waals surface area (Å²) in [6.45, 7) is 4.40. The molecule has 20 heavy (non-hydrogen) atoms. The van der Waals surface area contributed by atoms with Crippen molar-refractivity contribution in [3.8, 4) is 6.07 Å². The SMILES string of the molecule is CC(C)c1ccc(C(C#N)N(C)C2CCCCC2)cc1. The van der Waals surface area contributed by atoms with Gasteiger partial charge in [0.1, 0.15) is 6.04 Å². The van der Waals surface area contributed by atoms with E-state index in [9.17, 15) is 5.26 Å². The third-order valence-electron chi connectivity index (χ3n) is 4.60. The van der Waals surface area contributed by atoms with Gasteiger partial charge in [-0.3, -0.25) is 4.90 Å². The maximum atomic E-state index is 9.57. The molecular formula is C18H26N2. The summed E-state index contributed by atoms with van der Waals surface area (Å²) in [6, 6.07) is 11.5. The van der Waals surface area contributed by atoms with Crippen molar-refractivity contribution in [1.82, 2.24) is 4.90 Å². The minimum atomic E-state index is -0.112. The molecule has 1 unspecified atom stereocenters. The summed E-state index contributed by atoms with van der Waals surface area (Å²) in [5.74, 6) is 0.542. The largest absolute Gasteiger partial charge is 0.284 e. The standard InChI is InChI=1S/C18H26N2/c1-14(2)15-9-11-16(12-10-15)18(13-19)20(3)17-7-5-4-6-8-17/h9-12,14,17-18H,4-8H2,1-3H3. The van der Waals surface area contributed by atoms with Gasteiger partial charge in [-0.2, -0.15) is 5.26 Å². The Kier molecular flexibility index (Phi) is 5.20. The van der Waals surface area contributed by atoms with Crippen LogP contribution in [0.25, 0.3) is 0 Å². The van der Waals surface area contributed by atoms with E-state index in [1.54, 1.807) is 0 Å². The van der Waals surface area contributed by atoms with E-state index in [2.05, 4.69) is 56.1 Å². The monoisotopic (exact) mass is 270 g/mol. The van der Waals surface area contributed by atoms with Crippen LogP contribution in [-0.4, -0.2) is 18.0 Å². The number of nitriles is 1. The Labute approximate surface area is 123 Å². The van der Waals surface area contributed by atoms with E-state index in [1.165, 1.54) is 37.7 Å². The van der Waals surface area contributed by atoms with Crippen molar-refractivity contribution in [3.63, 3.8) is 0 Å². The molecule has 2 rings (SSSR count). The van der Waals surface area contributed by atoms with Gasteiger partial charge in [0.05, 0.1) is 6.07 Å². The fourth-order valence-electron chi connectivity index (χ4n) is 3.16. The van der Waals surface area contributed by atoms with E-state index in [1.807, 2.05) is 0 Å². The summed E-state index contributed by atoms with van der Waals surface area (Å²) >= 11 is 0. The number of benzene rings is 1. The van der Waals surface area contributed by atoms with Crippen LogP contribution in [0.2, 0.25) is 0 Å². The van der Waals surface area contributed by atoms with E-state index in [0.29, 0.717) is 12.0 Å². The first-order chi connectivity index (χ1) is 9.63. The van der Waals surface area contributed by atoms with Crippen LogP contribution in [0.3, 0.4) is 0 Å². The van der Waals surface area contributed by atoms with Gasteiger partial charge >= 0.3 is 0 Å². The molecule has 0 amide bonds. The molecule has 0 bridgehead atoms. The molecule has 108 valence electrons. The fraction of sp³-hybridized carbons (Fsp3) is 0.611. The quantitative estimate of drug-likeness (QED) is 0.797. The fourth-order valence-corrected chi connectivity index (χ4v) is 3.16. The van der Waals surface area contributed by atoms with Crippen LogP contribution in [-0.2, 0) is 0 Å². The third kappa shape index (κ3) is 3.41. The van der Waals surface area contributed by atoms with Crippen LogP contribution < -0.4 is 0 Å². The van der Waals surface area contributed by atoms with Gasteiger partial charge in [-0.25, -0.2) is 0 Å². The molecule has 1 aromatic rings. The lowest BCUT2D eigenvalue weighted by Gasteiger charge is -2.34. The number of rotatable bonds is 4. The second-order valence-corrected chi connectivity index (χ2v) is 6.31. The Morgan fingerprint density at radius 2 is 1.60 bits per heavy atom. The minimum absolute atomic E-state index is 0.112. The smallest absolute Gasteiger partial charge is 0.123 e. The average molecular weight is 270 g/mol. The first-order valence-electron chi connectivity index (χ1n) is 7.85. The van der Waals surface area contributed by atoms with Crippen molar-refractivity contribution in [2.24, 2.45) is 0 Å². The van der Waals surface area contributed by atoms with Crippen molar-refractivity contribution in [2.45, 2.75) is 64.0 Å². The van der Waals surface area contributed by atoms with Gasteiger partial charge in [-0.1, -0.05) is 57.4 Å². The first-order valence-corrected chi connectivity index (χ1v) is 7.85. The van der Waals surface area contributed by atoms with E-state index < -0.39 is 0 Å². The zero-order valence-electron chi connectivity index (χ0n) is 13.0. The Morgan fingerprint density at radius 3 is 2.10 bits per heavy atom. The molecule has 1 aliphatic carbocycles. The maximum Gasteiger partial charge on any atom is 0.123 e. The normalized spacial score (nSPS) is 18.2. The van der Waals surface area contributed by atoms with Crippen LogP contribution in [0.1, 0.15) is 69.0 Å². The molecule has 0 spiro atoms. The predicted octanol–water partition coefficient (Wildman–Crippen LogP) is 4.64. The van der Waals surface area contributed by atoms with Crippen LogP contribution in [0, 0.1) is 11.3 Å². The topological polar surface area (TPSA) is 27.0 Å². The Bertz CT molecular complexity index is 449. The van der Waals surface area contributed by atoms with Crippen LogP contribution in [0.5, 0.6) is 0 Å². The molecule has 0 radical (unpaired) electrons. The Balaban J connectivity index is 2.12. The molecule has 1 fully saturated rings. The molecule has 2 nitrogen and oxygen atoms in total. The lowest BCUT2D eigenvalue weighted by atomic mass is 9.92. The van der Waals surface area contributed by atoms with Gasteiger partial charge < -0.3 is 0 Å². The zero-order valence-corrected chi connectivity index (χ0v) is 13.0. The van der Waals surface area contributed by atoms with Crippen LogP contribution in [0.15, 0.2) is 24.3 Å². The predicted molar refractivity (Wildman–Crippen MR) is 83.5 cm³/mol. The molecule has 1 atom stereocenters. The molecule has 0 saturated heterocycles.